The molecule has 1 unspecified atom stereocenters. The molecule has 0 aromatic heterocycles. The van der Waals surface area contributed by atoms with Gasteiger partial charge in [-0.2, -0.15) is 0 Å². The quantitative estimate of drug-likeness (QED) is 0.817. The van der Waals surface area contributed by atoms with Crippen molar-refractivity contribution in [2.24, 2.45) is 0 Å². The molecule has 0 spiro atoms. The Labute approximate surface area is 116 Å². The van der Waals surface area contributed by atoms with E-state index in [2.05, 4.69) is 50.3 Å². The summed E-state index contributed by atoms with van der Waals surface area (Å²) >= 11 is 6.30. The number of nitrogens with one attached hydrogen (secondary N) is 1. The maximum atomic E-state index is 6.30. The summed E-state index contributed by atoms with van der Waals surface area (Å²) in [5.74, 6) is 0. The molecule has 0 bridgehead atoms. The zero-order chi connectivity index (χ0) is 13.5. The predicted molar refractivity (Wildman–Crippen MR) is 80.5 cm³/mol. The molecule has 0 saturated carbocycles. The van der Waals surface area contributed by atoms with E-state index in [1.807, 2.05) is 6.07 Å². The van der Waals surface area contributed by atoms with Gasteiger partial charge in [-0.1, -0.05) is 30.7 Å². The van der Waals surface area contributed by atoms with Crippen LogP contribution in [0.25, 0.3) is 0 Å². The van der Waals surface area contributed by atoms with E-state index < -0.39 is 0 Å². The lowest BCUT2D eigenvalue weighted by atomic mass is 10.0. The second-order valence-corrected chi connectivity index (χ2v) is 5.62. The third-order valence-corrected chi connectivity index (χ3v) is 3.30. The first-order chi connectivity index (χ1) is 8.52. The minimum absolute atomic E-state index is 0.458. The molecule has 1 aromatic rings. The van der Waals surface area contributed by atoms with E-state index >= 15 is 0 Å². The summed E-state index contributed by atoms with van der Waals surface area (Å²) in [5, 5.41) is 4.48. The number of nitrogens with zero attached hydrogens (tertiary/aromatic N) is 1. The molecule has 18 heavy (non-hydrogen) atoms. The third-order valence-electron chi connectivity index (χ3n) is 2.94. The van der Waals surface area contributed by atoms with Crippen LogP contribution in [-0.2, 0) is 6.42 Å². The first-order valence-corrected chi connectivity index (χ1v) is 7.04. The van der Waals surface area contributed by atoms with E-state index in [1.165, 1.54) is 11.1 Å². The highest BCUT2D eigenvalue weighted by atomic mass is 35.5. The van der Waals surface area contributed by atoms with E-state index in [4.69, 9.17) is 11.6 Å². The molecule has 0 amide bonds. The predicted octanol–water partition coefficient (Wildman–Crippen LogP) is 3.12. The monoisotopic (exact) mass is 268 g/mol. The number of aryl methyl sites for hydroxylation is 1. The van der Waals surface area contributed by atoms with E-state index in [9.17, 15) is 0 Å². The Bertz CT molecular complexity index is 364. The molecule has 102 valence electrons. The van der Waals surface area contributed by atoms with Crippen molar-refractivity contribution < 1.29 is 0 Å². The minimum Gasteiger partial charge on any atom is -0.312 e. The molecule has 0 saturated heterocycles. The molecule has 0 heterocycles. The van der Waals surface area contributed by atoms with Gasteiger partial charge in [0.1, 0.15) is 0 Å². The lowest BCUT2D eigenvalue weighted by Crippen LogP contribution is -2.40. The molecule has 0 aliphatic rings. The molecule has 1 N–H and O–H groups in total. The van der Waals surface area contributed by atoms with Crippen molar-refractivity contribution in [1.29, 1.82) is 0 Å². The fraction of sp³-hybridized carbons (Fsp3) is 0.600. The summed E-state index contributed by atoms with van der Waals surface area (Å²) in [6.07, 6.45) is 2.14. The van der Waals surface area contributed by atoms with Gasteiger partial charge in [0.2, 0.25) is 0 Å². The molecular formula is C15H25ClN2. The van der Waals surface area contributed by atoms with Crippen LogP contribution in [0, 0.1) is 6.92 Å². The average Bonchev–Trinajstić information content (AvgIpc) is 2.29. The van der Waals surface area contributed by atoms with Crippen LogP contribution in [0.5, 0.6) is 0 Å². The molecule has 0 aliphatic heterocycles. The zero-order valence-electron chi connectivity index (χ0n) is 12.0. The largest absolute Gasteiger partial charge is 0.312 e. The van der Waals surface area contributed by atoms with Gasteiger partial charge < -0.3 is 10.2 Å². The lowest BCUT2D eigenvalue weighted by Gasteiger charge is -2.23. The minimum atomic E-state index is 0.458. The Morgan fingerprint density at radius 3 is 2.61 bits per heavy atom. The lowest BCUT2D eigenvalue weighted by molar-refractivity contribution is 0.336. The van der Waals surface area contributed by atoms with Crippen molar-refractivity contribution in [2.75, 3.05) is 27.2 Å². The average molecular weight is 269 g/mol. The summed E-state index contributed by atoms with van der Waals surface area (Å²) in [7, 11) is 4.22. The number of likely N-dealkylation sites (N-methyl/N-ethyl adjacent to an activating group) is 1. The molecule has 0 fully saturated rings. The second-order valence-electron chi connectivity index (χ2n) is 5.21. The number of hydrogen-bond acceptors (Lipinski definition) is 2. The van der Waals surface area contributed by atoms with Gasteiger partial charge in [0.25, 0.3) is 0 Å². The van der Waals surface area contributed by atoms with Crippen LogP contribution in [-0.4, -0.2) is 38.1 Å². The molecular weight excluding hydrogens is 244 g/mol. The second kappa shape index (κ2) is 7.78. The highest BCUT2D eigenvalue weighted by molar-refractivity contribution is 6.31. The first-order valence-electron chi connectivity index (χ1n) is 6.66. The normalized spacial score (nSPS) is 13.0. The van der Waals surface area contributed by atoms with Crippen LogP contribution in [0.4, 0.5) is 0 Å². The Morgan fingerprint density at radius 1 is 1.33 bits per heavy atom. The van der Waals surface area contributed by atoms with Gasteiger partial charge >= 0.3 is 0 Å². The van der Waals surface area contributed by atoms with Crippen molar-refractivity contribution in [1.82, 2.24) is 10.2 Å². The van der Waals surface area contributed by atoms with Gasteiger partial charge in [0, 0.05) is 17.6 Å². The Balaban J connectivity index is 2.68. The van der Waals surface area contributed by atoms with Gasteiger partial charge in [-0.15, -0.1) is 0 Å². The SMILES string of the molecule is CCCNC(Cc1ccc(C)cc1Cl)CN(C)C. The zero-order valence-corrected chi connectivity index (χ0v) is 12.7. The third kappa shape index (κ3) is 5.38. The topological polar surface area (TPSA) is 15.3 Å². The first kappa shape index (κ1) is 15.5. The number of rotatable bonds is 7. The fourth-order valence-electron chi connectivity index (χ4n) is 2.07. The van der Waals surface area contributed by atoms with Gasteiger partial charge in [-0.05, 0) is 57.6 Å². The highest BCUT2D eigenvalue weighted by Gasteiger charge is 2.12. The Kier molecular flexibility index (Phi) is 6.69. The molecule has 3 heteroatoms. The molecule has 2 nitrogen and oxygen atoms in total. The summed E-state index contributed by atoms with van der Waals surface area (Å²) in [6, 6.07) is 6.78. The Hall–Kier alpha value is -0.570. The summed E-state index contributed by atoms with van der Waals surface area (Å²) < 4.78 is 0. The van der Waals surface area contributed by atoms with Crippen LogP contribution in [0.15, 0.2) is 18.2 Å². The highest BCUT2D eigenvalue weighted by Crippen LogP contribution is 2.19. The van der Waals surface area contributed by atoms with Crippen molar-refractivity contribution in [3.8, 4) is 0 Å². The van der Waals surface area contributed by atoms with E-state index in [-0.39, 0.29) is 0 Å². The molecule has 0 aliphatic carbocycles. The van der Waals surface area contributed by atoms with Gasteiger partial charge in [0.05, 0.1) is 0 Å². The molecule has 1 rings (SSSR count). The number of benzene rings is 1. The fourth-order valence-corrected chi connectivity index (χ4v) is 2.39. The van der Waals surface area contributed by atoms with Gasteiger partial charge in [0.15, 0.2) is 0 Å². The van der Waals surface area contributed by atoms with E-state index in [0.29, 0.717) is 6.04 Å². The summed E-state index contributed by atoms with van der Waals surface area (Å²) in [6.45, 7) is 6.35. The number of halogens is 1. The van der Waals surface area contributed by atoms with Crippen molar-refractivity contribution in [3.05, 3.63) is 34.3 Å². The standard InChI is InChI=1S/C15H25ClN2/c1-5-8-17-14(11-18(3)4)10-13-7-6-12(2)9-15(13)16/h6-7,9,14,17H,5,8,10-11H2,1-4H3. The van der Waals surface area contributed by atoms with Crippen molar-refractivity contribution in [2.45, 2.75) is 32.7 Å². The Morgan fingerprint density at radius 2 is 2.06 bits per heavy atom. The van der Waals surface area contributed by atoms with Crippen LogP contribution in [0.1, 0.15) is 24.5 Å². The van der Waals surface area contributed by atoms with Crippen LogP contribution in [0.2, 0.25) is 5.02 Å². The van der Waals surface area contributed by atoms with Crippen molar-refractivity contribution in [3.63, 3.8) is 0 Å². The van der Waals surface area contributed by atoms with Crippen LogP contribution in [0.3, 0.4) is 0 Å². The van der Waals surface area contributed by atoms with Crippen LogP contribution >= 0.6 is 11.6 Å². The van der Waals surface area contributed by atoms with Crippen LogP contribution < -0.4 is 5.32 Å². The van der Waals surface area contributed by atoms with Crippen molar-refractivity contribution >= 4 is 11.6 Å². The molecule has 1 atom stereocenters. The summed E-state index contributed by atoms with van der Waals surface area (Å²) in [4.78, 5) is 2.22. The maximum absolute atomic E-state index is 6.30. The molecule has 1 aromatic carbocycles. The van der Waals surface area contributed by atoms with Gasteiger partial charge in [-0.3, -0.25) is 0 Å². The maximum Gasteiger partial charge on any atom is 0.0441 e. The molecule has 0 radical (unpaired) electrons. The van der Waals surface area contributed by atoms with Gasteiger partial charge in [-0.25, -0.2) is 0 Å². The van der Waals surface area contributed by atoms with E-state index in [0.717, 1.165) is 31.0 Å². The van der Waals surface area contributed by atoms with E-state index in [1.54, 1.807) is 0 Å². The summed E-state index contributed by atoms with van der Waals surface area (Å²) in [5.41, 5.74) is 2.45. The number of hydrogen-bond donors (Lipinski definition) is 1. The smallest absolute Gasteiger partial charge is 0.0441 e.